The fraction of sp³-hybridized carbons (Fsp3) is 0.130. The molecular weight excluding hydrogens is 496 g/mol. The van der Waals surface area contributed by atoms with Gasteiger partial charge in [-0.1, -0.05) is 0 Å². The molecule has 37 heavy (non-hydrogen) atoms. The largest absolute Gasteiger partial charge is 0.478 e. The maximum Gasteiger partial charge on any atom is 0.346 e. The van der Waals surface area contributed by atoms with Crippen molar-refractivity contribution < 1.29 is 58.0 Å². The van der Waals surface area contributed by atoms with Crippen molar-refractivity contribution in [2.24, 2.45) is 0 Å². The average Bonchev–Trinajstić information content (AvgIpc) is 3.29. The number of carbonyl (C=O) groups excluding carboxylic acids is 6. The highest BCUT2D eigenvalue weighted by molar-refractivity contribution is 6.19. The summed E-state index contributed by atoms with van der Waals surface area (Å²) in [7, 11) is 0. The van der Waals surface area contributed by atoms with Gasteiger partial charge in [0.2, 0.25) is 0 Å². The third-order valence-corrected chi connectivity index (χ3v) is 5.44. The summed E-state index contributed by atoms with van der Waals surface area (Å²) in [4.78, 5) is 94.9. The number of carbonyl (C=O) groups is 8. The Morgan fingerprint density at radius 3 is 1.16 bits per heavy atom. The van der Waals surface area contributed by atoms with E-state index in [2.05, 4.69) is 20.1 Å². The summed E-state index contributed by atoms with van der Waals surface area (Å²) in [6.45, 7) is -0.148. The van der Waals surface area contributed by atoms with E-state index in [0.29, 0.717) is 0 Å². The number of cyclic esters (lactones) is 4. The number of ether oxygens (including phenoxy) is 2. The molecule has 14 nitrogen and oxygen atoms in total. The van der Waals surface area contributed by atoms with Crippen LogP contribution in [0, 0.1) is 0 Å². The molecule has 0 saturated heterocycles. The van der Waals surface area contributed by atoms with Gasteiger partial charge in [-0.3, -0.25) is 9.59 Å². The summed E-state index contributed by atoms with van der Waals surface area (Å²) in [6.07, 6.45) is 0.110. The maximum absolute atomic E-state index is 12.5. The number of hydrogen-bond donors (Lipinski definition) is 4. The second kappa shape index (κ2) is 9.33. The third-order valence-electron chi connectivity index (χ3n) is 5.44. The van der Waals surface area contributed by atoms with Gasteiger partial charge in [0, 0.05) is 13.1 Å². The monoisotopic (exact) mass is 510 g/mol. The van der Waals surface area contributed by atoms with Crippen molar-refractivity contribution in [3.05, 3.63) is 68.8 Å². The molecule has 0 aliphatic carbocycles. The molecule has 188 valence electrons. The molecule has 2 heterocycles. The molecule has 2 amide bonds. The van der Waals surface area contributed by atoms with Crippen molar-refractivity contribution in [2.45, 2.75) is 6.42 Å². The van der Waals surface area contributed by atoms with Crippen molar-refractivity contribution in [3.63, 3.8) is 0 Å². The minimum atomic E-state index is -1.51. The molecule has 4 N–H and O–H groups in total. The quantitative estimate of drug-likeness (QED) is 0.213. The highest BCUT2D eigenvalue weighted by Crippen LogP contribution is 2.26. The lowest BCUT2D eigenvalue weighted by Gasteiger charge is -2.11. The minimum Gasteiger partial charge on any atom is -0.478 e. The van der Waals surface area contributed by atoms with Crippen LogP contribution < -0.4 is 10.6 Å². The van der Waals surface area contributed by atoms with Gasteiger partial charge in [0.1, 0.15) is 0 Å². The van der Waals surface area contributed by atoms with Crippen molar-refractivity contribution in [1.82, 2.24) is 10.6 Å². The van der Waals surface area contributed by atoms with Gasteiger partial charge >= 0.3 is 35.8 Å². The molecule has 14 heteroatoms. The smallest absolute Gasteiger partial charge is 0.346 e. The second-order valence-corrected chi connectivity index (χ2v) is 7.72. The predicted octanol–water partition coefficient (Wildman–Crippen LogP) is 0.254. The first kappa shape index (κ1) is 24.7. The summed E-state index contributed by atoms with van der Waals surface area (Å²) >= 11 is 0. The maximum atomic E-state index is 12.5. The lowest BCUT2D eigenvalue weighted by atomic mass is 9.98. The summed E-state index contributed by atoms with van der Waals surface area (Å²) in [6, 6.07) is 3.64. The minimum absolute atomic E-state index is 0.0740. The number of hydrogen-bond acceptors (Lipinski definition) is 10. The number of aromatic carboxylic acids is 2. The van der Waals surface area contributed by atoms with E-state index in [4.69, 9.17) is 0 Å². The molecule has 2 aliphatic rings. The number of nitrogens with one attached hydrogen (secondary N) is 2. The van der Waals surface area contributed by atoms with Crippen LogP contribution in [-0.2, 0) is 9.47 Å². The van der Waals surface area contributed by atoms with Crippen LogP contribution in [0.15, 0.2) is 24.3 Å². The molecular formula is C23H14N2O12. The molecule has 0 atom stereocenters. The van der Waals surface area contributed by atoms with Crippen LogP contribution in [0.25, 0.3) is 0 Å². The van der Waals surface area contributed by atoms with Crippen LogP contribution in [0.5, 0.6) is 0 Å². The van der Waals surface area contributed by atoms with Gasteiger partial charge in [-0.05, 0) is 30.7 Å². The Kier molecular flexibility index (Phi) is 6.23. The van der Waals surface area contributed by atoms with Crippen molar-refractivity contribution in [2.75, 3.05) is 13.1 Å². The molecule has 0 spiro atoms. The molecule has 2 aromatic rings. The Bertz CT molecular complexity index is 1360. The Morgan fingerprint density at radius 2 is 0.865 bits per heavy atom. The second-order valence-electron chi connectivity index (χ2n) is 7.72. The summed E-state index contributed by atoms with van der Waals surface area (Å²) in [5.41, 5.74) is -2.85. The van der Waals surface area contributed by atoms with Gasteiger partial charge in [0.05, 0.1) is 44.5 Å². The van der Waals surface area contributed by atoms with Gasteiger partial charge in [-0.25, -0.2) is 28.8 Å². The van der Waals surface area contributed by atoms with Crippen LogP contribution in [0.4, 0.5) is 0 Å². The van der Waals surface area contributed by atoms with Crippen LogP contribution in [0.1, 0.15) is 89.3 Å². The van der Waals surface area contributed by atoms with Gasteiger partial charge in [-0.15, -0.1) is 0 Å². The Morgan fingerprint density at radius 1 is 0.568 bits per heavy atom. The summed E-state index contributed by atoms with van der Waals surface area (Å²) < 4.78 is 8.82. The lowest BCUT2D eigenvalue weighted by Crippen LogP contribution is -2.31. The number of fused-ring (bicyclic) bond motifs is 2. The number of carboxylic acids is 2. The molecule has 2 aliphatic heterocycles. The highest BCUT2D eigenvalue weighted by atomic mass is 16.6. The number of rotatable bonds is 8. The molecule has 0 radical (unpaired) electrons. The predicted molar refractivity (Wildman–Crippen MR) is 116 cm³/mol. The standard InChI is InChI=1S/C23H14N2O12/c26-16(8-4-12-14(6-10(8)18(28)29)22(34)36-20(12)32)24-2-1-3-25-17(27)9-5-13-15(7-11(9)19(30)31)23(35)37-21(13)33/h4-7H,1-3H2,(H,24,26)(H,25,27)(H,28,29)(H,30,31). The Hall–Kier alpha value is -5.40. The van der Waals surface area contributed by atoms with E-state index in [0.717, 1.165) is 24.3 Å². The number of esters is 4. The van der Waals surface area contributed by atoms with Crippen molar-refractivity contribution >= 4 is 47.6 Å². The Labute approximate surface area is 205 Å². The van der Waals surface area contributed by atoms with Crippen LogP contribution in [0.3, 0.4) is 0 Å². The first-order valence-electron chi connectivity index (χ1n) is 10.4. The van der Waals surface area contributed by atoms with Crippen LogP contribution in [-0.4, -0.2) is 70.9 Å². The van der Waals surface area contributed by atoms with E-state index in [1.807, 2.05) is 0 Å². The average molecular weight is 510 g/mol. The topological polar surface area (TPSA) is 220 Å². The van der Waals surface area contributed by atoms with Crippen molar-refractivity contribution in [1.29, 1.82) is 0 Å². The SMILES string of the molecule is O=C(O)c1cc2c(cc1C(=O)NCCCNC(=O)c1cc3c(cc1C(=O)O)C(=O)OC3=O)C(=O)OC2=O. The first-order valence-corrected chi connectivity index (χ1v) is 10.4. The van der Waals surface area contributed by atoms with E-state index in [1.165, 1.54) is 0 Å². The summed E-state index contributed by atoms with van der Waals surface area (Å²) in [5, 5.41) is 23.6. The number of carboxylic acid groups (broad SMARTS) is 2. The molecule has 2 aromatic carbocycles. The van der Waals surface area contributed by atoms with Crippen LogP contribution >= 0.6 is 0 Å². The number of benzene rings is 2. The van der Waals surface area contributed by atoms with E-state index in [-0.39, 0.29) is 52.9 Å². The lowest BCUT2D eigenvalue weighted by molar-refractivity contribution is 0.0425. The Balaban J connectivity index is 1.39. The van der Waals surface area contributed by atoms with Crippen molar-refractivity contribution in [3.8, 4) is 0 Å². The molecule has 0 bridgehead atoms. The fourth-order valence-corrected chi connectivity index (χ4v) is 3.68. The fourth-order valence-electron chi connectivity index (χ4n) is 3.68. The summed E-state index contributed by atoms with van der Waals surface area (Å²) in [5.74, 6) is -8.84. The normalized spacial score (nSPS) is 13.4. The zero-order valence-electron chi connectivity index (χ0n) is 18.4. The molecule has 0 unspecified atom stereocenters. The van der Waals surface area contributed by atoms with E-state index in [9.17, 15) is 48.6 Å². The highest BCUT2D eigenvalue weighted by Gasteiger charge is 2.34. The van der Waals surface area contributed by atoms with Gasteiger partial charge in [0.25, 0.3) is 11.8 Å². The zero-order valence-corrected chi connectivity index (χ0v) is 18.4. The van der Waals surface area contributed by atoms with Gasteiger partial charge < -0.3 is 30.3 Å². The third kappa shape index (κ3) is 4.50. The molecule has 0 fully saturated rings. The van der Waals surface area contributed by atoms with E-state index >= 15 is 0 Å². The van der Waals surface area contributed by atoms with E-state index < -0.39 is 58.8 Å². The first-order chi connectivity index (χ1) is 17.5. The van der Waals surface area contributed by atoms with Gasteiger partial charge in [-0.2, -0.15) is 0 Å². The molecule has 4 rings (SSSR count). The van der Waals surface area contributed by atoms with Gasteiger partial charge in [0.15, 0.2) is 0 Å². The number of amides is 2. The zero-order chi connectivity index (χ0) is 27.0. The van der Waals surface area contributed by atoms with Crippen LogP contribution in [0.2, 0.25) is 0 Å². The molecule has 0 saturated carbocycles. The molecule has 0 aromatic heterocycles. The van der Waals surface area contributed by atoms with E-state index in [1.54, 1.807) is 0 Å².